The van der Waals surface area contributed by atoms with Gasteiger partial charge in [0.15, 0.2) is 0 Å². The van der Waals surface area contributed by atoms with Gasteiger partial charge in [-0.3, -0.25) is 4.90 Å². The maximum absolute atomic E-state index is 5.87. The zero-order valence-electron chi connectivity index (χ0n) is 9.73. The molecule has 1 unspecified atom stereocenters. The van der Waals surface area contributed by atoms with Crippen LogP contribution in [-0.4, -0.2) is 31.7 Å². The summed E-state index contributed by atoms with van der Waals surface area (Å²) in [5.74, 6) is 0. The number of nitrogen functional groups attached to an aromatic ring is 1. The maximum Gasteiger partial charge on any atom is 0.0670 e. The molecule has 3 nitrogen and oxygen atoms in total. The molecule has 0 fully saturated rings. The van der Waals surface area contributed by atoms with Crippen LogP contribution in [0.3, 0.4) is 0 Å². The predicted molar refractivity (Wildman–Crippen MR) is 63.7 cm³/mol. The topological polar surface area (TPSA) is 38.5 Å². The van der Waals surface area contributed by atoms with Gasteiger partial charge in [0.05, 0.1) is 6.10 Å². The lowest BCUT2D eigenvalue weighted by Gasteiger charge is -2.21. The third kappa shape index (κ3) is 3.90. The summed E-state index contributed by atoms with van der Waals surface area (Å²) in [5, 5.41) is 0. The Balaban J connectivity index is 2.51. The molecule has 0 radical (unpaired) electrons. The van der Waals surface area contributed by atoms with Gasteiger partial charge in [0.2, 0.25) is 0 Å². The molecule has 1 atom stereocenters. The normalized spacial score (nSPS) is 13.1. The van der Waals surface area contributed by atoms with Gasteiger partial charge in [-0.2, -0.15) is 0 Å². The Morgan fingerprint density at radius 3 is 2.67 bits per heavy atom. The maximum atomic E-state index is 5.87. The fraction of sp³-hybridized carbons (Fsp3) is 0.500. The van der Waals surface area contributed by atoms with E-state index in [2.05, 4.69) is 24.9 Å². The van der Waals surface area contributed by atoms with E-state index < -0.39 is 0 Å². The highest BCUT2D eigenvalue weighted by molar-refractivity contribution is 5.46. The van der Waals surface area contributed by atoms with Crippen molar-refractivity contribution in [2.24, 2.45) is 0 Å². The van der Waals surface area contributed by atoms with E-state index in [9.17, 15) is 0 Å². The molecule has 0 aliphatic carbocycles. The highest BCUT2D eigenvalue weighted by atomic mass is 16.5. The van der Waals surface area contributed by atoms with E-state index in [1.807, 2.05) is 18.2 Å². The van der Waals surface area contributed by atoms with E-state index in [0.717, 1.165) is 18.8 Å². The number of para-hydroxylation sites is 1. The molecule has 0 aliphatic heterocycles. The largest absolute Gasteiger partial charge is 0.398 e. The van der Waals surface area contributed by atoms with Crippen LogP contribution in [0.15, 0.2) is 24.3 Å². The molecule has 0 heterocycles. The first-order chi connectivity index (χ1) is 7.13. The summed E-state index contributed by atoms with van der Waals surface area (Å²) in [4.78, 5) is 2.21. The second kappa shape index (κ2) is 5.73. The van der Waals surface area contributed by atoms with E-state index in [0.29, 0.717) is 0 Å². The van der Waals surface area contributed by atoms with Gasteiger partial charge in [0, 0.05) is 25.9 Å². The van der Waals surface area contributed by atoms with Gasteiger partial charge in [0.25, 0.3) is 0 Å². The van der Waals surface area contributed by atoms with E-state index >= 15 is 0 Å². The minimum absolute atomic E-state index is 0.250. The van der Waals surface area contributed by atoms with Crippen LogP contribution < -0.4 is 5.73 Å². The third-order valence-electron chi connectivity index (χ3n) is 2.47. The van der Waals surface area contributed by atoms with Crippen LogP contribution >= 0.6 is 0 Å². The first-order valence-corrected chi connectivity index (χ1v) is 5.18. The highest BCUT2D eigenvalue weighted by Crippen LogP contribution is 2.12. The minimum Gasteiger partial charge on any atom is -0.398 e. The monoisotopic (exact) mass is 208 g/mol. The Bertz CT molecular complexity index is 301. The molecule has 3 heteroatoms. The molecule has 0 saturated carbocycles. The molecule has 1 aromatic carbocycles. The van der Waals surface area contributed by atoms with E-state index in [1.54, 1.807) is 7.11 Å². The summed E-state index contributed by atoms with van der Waals surface area (Å²) in [6, 6.07) is 7.96. The number of ether oxygens (including phenoxy) is 1. The van der Waals surface area contributed by atoms with Gasteiger partial charge in [-0.15, -0.1) is 0 Å². The lowest BCUT2D eigenvalue weighted by atomic mass is 10.1. The van der Waals surface area contributed by atoms with Gasteiger partial charge < -0.3 is 10.5 Å². The second-order valence-corrected chi connectivity index (χ2v) is 3.94. The summed E-state index contributed by atoms with van der Waals surface area (Å²) in [5.41, 5.74) is 7.90. The molecule has 0 bridgehead atoms. The number of rotatable bonds is 5. The van der Waals surface area contributed by atoms with Crippen molar-refractivity contribution < 1.29 is 4.74 Å². The van der Waals surface area contributed by atoms with Gasteiger partial charge in [0.1, 0.15) is 0 Å². The summed E-state index contributed by atoms with van der Waals surface area (Å²) in [7, 11) is 3.80. The van der Waals surface area contributed by atoms with Crippen LogP contribution in [0.2, 0.25) is 0 Å². The first kappa shape index (κ1) is 12.0. The highest BCUT2D eigenvalue weighted by Gasteiger charge is 2.06. The molecule has 0 aromatic heterocycles. The summed E-state index contributed by atoms with van der Waals surface area (Å²) in [6.07, 6.45) is 0.250. The third-order valence-corrected chi connectivity index (χ3v) is 2.47. The van der Waals surface area contributed by atoms with E-state index in [-0.39, 0.29) is 6.10 Å². The molecule has 84 valence electrons. The predicted octanol–water partition coefficient (Wildman–Crippen LogP) is 1.74. The van der Waals surface area contributed by atoms with Crippen LogP contribution in [0.4, 0.5) is 5.69 Å². The quantitative estimate of drug-likeness (QED) is 0.749. The molecular formula is C12H20N2O. The second-order valence-electron chi connectivity index (χ2n) is 3.94. The fourth-order valence-corrected chi connectivity index (χ4v) is 1.55. The van der Waals surface area contributed by atoms with Crippen molar-refractivity contribution in [1.29, 1.82) is 0 Å². The number of nitrogens with zero attached hydrogens (tertiary/aromatic N) is 1. The Hall–Kier alpha value is -1.06. The number of benzene rings is 1. The molecule has 0 saturated heterocycles. The summed E-state index contributed by atoms with van der Waals surface area (Å²) in [6.45, 7) is 3.83. The average Bonchev–Trinajstić information content (AvgIpc) is 2.21. The first-order valence-electron chi connectivity index (χ1n) is 5.18. The Kier molecular flexibility index (Phi) is 4.59. The van der Waals surface area contributed by atoms with Crippen molar-refractivity contribution in [3.63, 3.8) is 0 Å². The van der Waals surface area contributed by atoms with Crippen molar-refractivity contribution >= 4 is 5.69 Å². The standard InChI is InChI=1S/C12H20N2O/c1-10(15-3)8-14(2)9-11-6-4-5-7-12(11)13/h4-7,10H,8-9,13H2,1-3H3. The number of hydrogen-bond donors (Lipinski definition) is 1. The molecule has 2 N–H and O–H groups in total. The van der Waals surface area contributed by atoms with Crippen LogP contribution in [0, 0.1) is 0 Å². The van der Waals surface area contributed by atoms with Crippen LogP contribution in [0.1, 0.15) is 12.5 Å². The van der Waals surface area contributed by atoms with Crippen molar-refractivity contribution in [2.45, 2.75) is 19.6 Å². The molecule has 15 heavy (non-hydrogen) atoms. The summed E-state index contributed by atoms with van der Waals surface area (Å²) < 4.78 is 5.22. The van der Waals surface area contributed by atoms with Gasteiger partial charge in [-0.25, -0.2) is 0 Å². The lowest BCUT2D eigenvalue weighted by Crippen LogP contribution is -2.28. The van der Waals surface area contributed by atoms with Gasteiger partial charge in [-0.05, 0) is 25.6 Å². The Morgan fingerprint density at radius 1 is 1.40 bits per heavy atom. The number of methoxy groups -OCH3 is 1. The van der Waals surface area contributed by atoms with Crippen LogP contribution in [0.5, 0.6) is 0 Å². The zero-order chi connectivity index (χ0) is 11.3. The van der Waals surface area contributed by atoms with Crippen molar-refractivity contribution in [3.05, 3.63) is 29.8 Å². The molecule has 0 amide bonds. The van der Waals surface area contributed by atoms with Crippen molar-refractivity contribution in [3.8, 4) is 0 Å². The number of anilines is 1. The lowest BCUT2D eigenvalue weighted by molar-refractivity contribution is 0.0837. The van der Waals surface area contributed by atoms with Crippen molar-refractivity contribution in [1.82, 2.24) is 4.90 Å². The van der Waals surface area contributed by atoms with Gasteiger partial charge >= 0.3 is 0 Å². The average molecular weight is 208 g/mol. The van der Waals surface area contributed by atoms with Crippen LogP contribution in [0.25, 0.3) is 0 Å². The minimum atomic E-state index is 0.250. The van der Waals surface area contributed by atoms with E-state index in [4.69, 9.17) is 10.5 Å². The number of nitrogens with two attached hydrogens (primary N) is 1. The van der Waals surface area contributed by atoms with E-state index in [1.165, 1.54) is 5.56 Å². The molecule has 0 aliphatic rings. The number of likely N-dealkylation sites (N-methyl/N-ethyl adjacent to an activating group) is 1. The number of hydrogen-bond acceptors (Lipinski definition) is 3. The van der Waals surface area contributed by atoms with Crippen molar-refractivity contribution in [2.75, 3.05) is 26.4 Å². The fourth-order valence-electron chi connectivity index (χ4n) is 1.55. The Morgan fingerprint density at radius 2 is 2.07 bits per heavy atom. The molecule has 1 rings (SSSR count). The van der Waals surface area contributed by atoms with Gasteiger partial charge in [-0.1, -0.05) is 18.2 Å². The smallest absolute Gasteiger partial charge is 0.0670 e. The molecule has 0 spiro atoms. The Labute approximate surface area is 91.8 Å². The SMILES string of the molecule is COC(C)CN(C)Cc1ccccc1N. The zero-order valence-corrected chi connectivity index (χ0v) is 9.73. The molecular weight excluding hydrogens is 188 g/mol. The summed E-state index contributed by atoms with van der Waals surface area (Å²) >= 11 is 0. The molecule has 1 aromatic rings. The van der Waals surface area contributed by atoms with Crippen LogP contribution in [-0.2, 0) is 11.3 Å².